The summed E-state index contributed by atoms with van der Waals surface area (Å²) in [6.07, 6.45) is 7.53. The van der Waals surface area contributed by atoms with Crippen LogP contribution in [0.2, 0.25) is 0 Å². The van der Waals surface area contributed by atoms with Crippen LogP contribution < -0.4 is 5.73 Å². The first-order chi connectivity index (χ1) is 10.2. The van der Waals surface area contributed by atoms with Gasteiger partial charge in [0.2, 0.25) is 0 Å². The molecule has 1 heterocycles. The average molecular weight is 289 g/mol. The number of nitrogens with two attached hydrogens (primary N) is 1. The molecule has 3 heteroatoms. The maximum Gasteiger partial charge on any atom is 0.134 e. The lowest BCUT2D eigenvalue weighted by Gasteiger charge is -2.31. The zero-order valence-electron chi connectivity index (χ0n) is 12.6. The molecule has 1 unspecified atom stereocenters. The fourth-order valence-electron chi connectivity index (χ4n) is 3.68. The molecule has 21 heavy (non-hydrogen) atoms. The topological polar surface area (TPSA) is 39.2 Å². The van der Waals surface area contributed by atoms with E-state index in [1.807, 2.05) is 6.07 Å². The van der Waals surface area contributed by atoms with Crippen LogP contribution in [0.25, 0.3) is 11.0 Å². The van der Waals surface area contributed by atoms with E-state index >= 15 is 0 Å². The first kappa shape index (κ1) is 14.6. The SMILES string of the molecule is CCCC1CCC(C(N)c2cc3cc(F)ccc3o2)CC1. The van der Waals surface area contributed by atoms with Gasteiger partial charge >= 0.3 is 0 Å². The number of rotatable bonds is 4. The van der Waals surface area contributed by atoms with Gasteiger partial charge in [0.25, 0.3) is 0 Å². The van der Waals surface area contributed by atoms with Crippen LogP contribution in [0.3, 0.4) is 0 Å². The highest BCUT2D eigenvalue weighted by Gasteiger charge is 2.28. The van der Waals surface area contributed by atoms with Gasteiger partial charge in [0.15, 0.2) is 0 Å². The number of hydrogen-bond acceptors (Lipinski definition) is 2. The van der Waals surface area contributed by atoms with Gasteiger partial charge in [0.1, 0.15) is 17.2 Å². The van der Waals surface area contributed by atoms with Crippen LogP contribution in [0.5, 0.6) is 0 Å². The summed E-state index contributed by atoms with van der Waals surface area (Å²) in [5, 5.41) is 0.806. The summed E-state index contributed by atoms with van der Waals surface area (Å²) in [5.41, 5.74) is 7.13. The van der Waals surface area contributed by atoms with E-state index in [9.17, 15) is 4.39 Å². The third kappa shape index (κ3) is 3.13. The lowest BCUT2D eigenvalue weighted by molar-refractivity contribution is 0.223. The van der Waals surface area contributed by atoms with Gasteiger partial charge in [-0.1, -0.05) is 32.6 Å². The number of halogens is 1. The Morgan fingerprint density at radius 2 is 2.00 bits per heavy atom. The Kier molecular flexibility index (Phi) is 4.29. The molecular weight excluding hydrogens is 265 g/mol. The summed E-state index contributed by atoms with van der Waals surface area (Å²) in [5.74, 6) is 1.93. The maximum absolute atomic E-state index is 13.2. The smallest absolute Gasteiger partial charge is 0.134 e. The highest BCUT2D eigenvalue weighted by atomic mass is 19.1. The molecule has 1 aliphatic carbocycles. The largest absolute Gasteiger partial charge is 0.459 e. The summed E-state index contributed by atoms with van der Waals surface area (Å²) in [6.45, 7) is 2.26. The van der Waals surface area contributed by atoms with E-state index in [4.69, 9.17) is 10.2 Å². The van der Waals surface area contributed by atoms with Gasteiger partial charge < -0.3 is 10.2 Å². The Morgan fingerprint density at radius 1 is 1.24 bits per heavy atom. The minimum atomic E-state index is -0.233. The van der Waals surface area contributed by atoms with Crippen LogP contribution in [0.1, 0.15) is 57.3 Å². The number of benzene rings is 1. The van der Waals surface area contributed by atoms with Gasteiger partial charge in [0.05, 0.1) is 6.04 Å². The van der Waals surface area contributed by atoms with E-state index in [1.165, 1.54) is 50.7 Å². The van der Waals surface area contributed by atoms with Crippen LogP contribution in [0.15, 0.2) is 28.7 Å². The predicted octanol–water partition coefficient (Wildman–Crippen LogP) is 5.18. The molecule has 1 fully saturated rings. The van der Waals surface area contributed by atoms with Gasteiger partial charge in [-0.05, 0) is 48.9 Å². The van der Waals surface area contributed by atoms with E-state index in [0.717, 1.165) is 22.6 Å². The van der Waals surface area contributed by atoms with Crippen molar-refractivity contribution in [3.05, 3.63) is 35.8 Å². The number of furan rings is 1. The Morgan fingerprint density at radius 3 is 2.71 bits per heavy atom. The summed E-state index contributed by atoms with van der Waals surface area (Å²) < 4.78 is 19.1. The minimum Gasteiger partial charge on any atom is -0.459 e. The van der Waals surface area contributed by atoms with Gasteiger partial charge in [-0.15, -0.1) is 0 Å². The molecule has 2 nitrogen and oxygen atoms in total. The quantitative estimate of drug-likeness (QED) is 0.842. The minimum absolute atomic E-state index is 0.0666. The second-order valence-electron chi connectivity index (χ2n) is 6.43. The molecule has 1 aromatic heterocycles. The Bertz CT molecular complexity index is 598. The molecule has 2 aromatic rings. The zero-order chi connectivity index (χ0) is 14.8. The summed E-state index contributed by atoms with van der Waals surface area (Å²) >= 11 is 0. The van der Waals surface area contributed by atoms with Crippen molar-refractivity contribution in [1.29, 1.82) is 0 Å². The molecule has 1 saturated carbocycles. The van der Waals surface area contributed by atoms with E-state index in [1.54, 1.807) is 6.07 Å². The zero-order valence-corrected chi connectivity index (χ0v) is 12.6. The molecule has 2 N–H and O–H groups in total. The molecule has 114 valence electrons. The van der Waals surface area contributed by atoms with Crippen molar-refractivity contribution in [2.24, 2.45) is 17.6 Å². The van der Waals surface area contributed by atoms with Crippen molar-refractivity contribution >= 4 is 11.0 Å². The van der Waals surface area contributed by atoms with E-state index in [0.29, 0.717) is 5.92 Å². The molecule has 0 amide bonds. The van der Waals surface area contributed by atoms with Gasteiger partial charge in [-0.3, -0.25) is 0 Å². The fraction of sp³-hybridized carbons (Fsp3) is 0.556. The van der Waals surface area contributed by atoms with E-state index in [2.05, 4.69) is 6.92 Å². The average Bonchev–Trinajstić information content (AvgIpc) is 2.90. The number of fused-ring (bicyclic) bond motifs is 1. The second-order valence-corrected chi connectivity index (χ2v) is 6.43. The Balaban J connectivity index is 1.70. The molecule has 1 atom stereocenters. The lowest BCUT2D eigenvalue weighted by Crippen LogP contribution is -2.25. The van der Waals surface area contributed by atoms with Crippen molar-refractivity contribution in [2.75, 3.05) is 0 Å². The van der Waals surface area contributed by atoms with Gasteiger partial charge in [-0.25, -0.2) is 4.39 Å². The Hall–Kier alpha value is -1.35. The first-order valence-electron chi connectivity index (χ1n) is 8.12. The third-order valence-corrected chi connectivity index (χ3v) is 4.92. The van der Waals surface area contributed by atoms with Gasteiger partial charge in [0, 0.05) is 5.39 Å². The predicted molar refractivity (Wildman–Crippen MR) is 83.5 cm³/mol. The lowest BCUT2D eigenvalue weighted by atomic mass is 9.77. The standard InChI is InChI=1S/C18H24FNO/c1-2-3-12-4-6-13(7-5-12)18(20)17-11-14-10-15(19)8-9-16(14)21-17/h8-13,18H,2-7,20H2,1H3. The van der Waals surface area contributed by atoms with Crippen molar-refractivity contribution in [3.63, 3.8) is 0 Å². The van der Waals surface area contributed by atoms with Crippen molar-refractivity contribution in [2.45, 2.75) is 51.5 Å². The molecule has 3 rings (SSSR count). The molecule has 0 aliphatic heterocycles. The second kappa shape index (κ2) is 6.18. The highest BCUT2D eigenvalue weighted by Crippen LogP contribution is 2.38. The van der Waals surface area contributed by atoms with Crippen LogP contribution >= 0.6 is 0 Å². The third-order valence-electron chi connectivity index (χ3n) is 4.92. The summed E-state index contributed by atoms with van der Waals surface area (Å²) in [6, 6.07) is 6.45. The van der Waals surface area contributed by atoms with Crippen LogP contribution in [-0.4, -0.2) is 0 Å². The van der Waals surface area contributed by atoms with Crippen LogP contribution in [0.4, 0.5) is 4.39 Å². The maximum atomic E-state index is 13.2. The normalized spacial score (nSPS) is 24.3. The summed E-state index contributed by atoms with van der Waals surface area (Å²) in [4.78, 5) is 0. The fourth-order valence-corrected chi connectivity index (χ4v) is 3.68. The molecule has 0 radical (unpaired) electrons. The van der Waals surface area contributed by atoms with Crippen molar-refractivity contribution < 1.29 is 8.81 Å². The molecular formula is C18H24FNO. The van der Waals surface area contributed by atoms with Gasteiger partial charge in [-0.2, -0.15) is 0 Å². The van der Waals surface area contributed by atoms with E-state index < -0.39 is 0 Å². The van der Waals surface area contributed by atoms with Crippen molar-refractivity contribution in [3.8, 4) is 0 Å². The number of hydrogen-bond donors (Lipinski definition) is 1. The molecule has 0 spiro atoms. The van der Waals surface area contributed by atoms with Crippen LogP contribution in [-0.2, 0) is 0 Å². The first-order valence-corrected chi connectivity index (χ1v) is 8.12. The molecule has 1 aliphatic rings. The highest BCUT2D eigenvalue weighted by molar-refractivity contribution is 5.78. The Labute approximate surface area is 125 Å². The van der Waals surface area contributed by atoms with Crippen molar-refractivity contribution in [1.82, 2.24) is 0 Å². The molecule has 0 saturated heterocycles. The monoisotopic (exact) mass is 289 g/mol. The summed E-state index contributed by atoms with van der Waals surface area (Å²) in [7, 11) is 0. The van der Waals surface area contributed by atoms with E-state index in [-0.39, 0.29) is 11.9 Å². The molecule has 1 aromatic carbocycles. The molecule has 0 bridgehead atoms. The van der Waals surface area contributed by atoms with Crippen LogP contribution in [0, 0.1) is 17.7 Å².